The van der Waals surface area contributed by atoms with E-state index in [1.165, 1.54) is 0 Å². The van der Waals surface area contributed by atoms with Crippen LogP contribution in [0.5, 0.6) is 0 Å². The quantitative estimate of drug-likeness (QED) is 0.360. The van der Waals surface area contributed by atoms with Crippen LogP contribution in [0.1, 0.15) is 0 Å². The molecule has 0 rings (SSSR count). The predicted molar refractivity (Wildman–Crippen MR) is 5.75 cm³/mol. The van der Waals surface area contributed by atoms with Gasteiger partial charge in [-0.2, -0.15) is 0 Å². The molecule has 0 amide bonds. The first-order chi connectivity index (χ1) is 0. The monoisotopic (exact) mass is 554 g/mol. The van der Waals surface area contributed by atoms with Crippen molar-refractivity contribution in [2.45, 2.75) is 0 Å². The first-order valence-electron chi connectivity index (χ1n) is 0. The molecule has 0 aromatic rings. The number of hydrogen-bond donors (Lipinski definition) is 0. The van der Waals surface area contributed by atoms with Gasteiger partial charge < -0.3 is 0 Å². The van der Waals surface area contributed by atoms with Crippen LogP contribution in [-0.4, -0.2) is 26.2 Å². The van der Waals surface area contributed by atoms with Gasteiger partial charge in [-0.15, -0.1) is 0 Å². The van der Waals surface area contributed by atoms with E-state index in [4.69, 9.17) is 0 Å². The summed E-state index contributed by atoms with van der Waals surface area (Å²) in [5, 5.41) is 0. The van der Waals surface area contributed by atoms with E-state index < -0.39 is 0 Å². The van der Waals surface area contributed by atoms with Crippen LogP contribution in [0.15, 0.2) is 0 Å². The third kappa shape index (κ3) is 8.84. The molecule has 0 aliphatic rings. The molecule has 4 heteroatoms. The first-order valence-corrected chi connectivity index (χ1v) is 0. The summed E-state index contributed by atoms with van der Waals surface area (Å²) < 4.78 is 0. The van der Waals surface area contributed by atoms with Crippen molar-refractivity contribution >= 4 is 26.2 Å². The Morgan fingerprint density at radius 3 is 1.00 bits per heavy atom. The van der Waals surface area contributed by atoms with Gasteiger partial charge >= 0.3 is 0 Å². The molecule has 0 fully saturated rings. The van der Waals surface area contributed by atoms with Crippen LogP contribution in [0.3, 0.4) is 0 Å². The minimum atomic E-state index is 0. The van der Waals surface area contributed by atoms with Crippen LogP contribution in [0.4, 0.5) is 0 Å². The summed E-state index contributed by atoms with van der Waals surface area (Å²) in [6, 6.07) is 0. The summed E-state index contributed by atoms with van der Waals surface area (Å²) in [7, 11) is 0. The van der Waals surface area contributed by atoms with Gasteiger partial charge in [-0.05, 0) is 0 Å². The van der Waals surface area contributed by atoms with Gasteiger partial charge in [0.05, 0.1) is 0 Å². The van der Waals surface area contributed by atoms with Crippen LogP contribution in [0, 0.1) is 0 Å². The molecular formula is BiCuMoW. The van der Waals surface area contributed by atoms with E-state index in [0.717, 1.165) is 0 Å². The zero-order valence-electron chi connectivity index (χ0n) is 1.57. The topological polar surface area (TPSA) is 0 Å². The fourth-order valence-corrected chi connectivity index (χ4v) is 0. The Labute approximate surface area is 84.0 Å². The molecule has 0 bridgehead atoms. The van der Waals surface area contributed by atoms with Crippen LogP contribution in [0.25, 0.3) is 0 Å². The largest absolute Gasteiger partial charge is 0 e. The van der Waals surface area contributed by atoms with E-state index in [2.05, 4.69) is 0 Å². The Kier molecular flexibility index (Phi) is 125. The minimum absolute atomic E-state index is 0. The Morgan fingerprint density at radius 2 is 1.00 bits per heavy atom. The molecule has 0 saturated carbocycles. The molecule has 0 spiro atoms. The minimum Gasteiger partial charge on any atom is 0 e. The maximum Gasteiger partial charge on any atom is 0 e. The average molecular weight is 552 g/mol. The summed E-state index contributed by atoms with van der Waals surface area (Å²) in [6.45, 7) is 0. The van der Waals surface area contributed by atoms with Crippen molar-refractivity contribution in [2.75, 3.05) is 0 Å². The standard InChI is InChI=1S/Bi.Cu.Mo.W. The molecule has 0 aliphatic heterocycles. The Bertz CT molecular complexity index is 8.00. The van der Waals surface area contributed by atoms with Gasteiger partial charge in [0.25, 0.3) is 0 Å². The summed E-state index contributed by atoms with van der Waals surface area (Å²) in [6.07, 6.45) is 0. The van der Waals surface area contributed by atoms with Crippen molar-refractivity contribution in [3.63, 3.8) is 0 Å². The van der Waals surface area contributed by atoms with E-state index in [0.29, 0.717) is 0 Å². The van der Waals surface area contributed by atoms with Gasteiger partial charge in [-0.1, -0.05) is 0 Å². The number of hydrogen-bond acceptors (Lipinski definition) is 0. The normalized spacial score (nSPS) is 0. The van der Waals surface area contributed by atoms with Gasteiger partial charge in [0.2, 0.25) is 0 Å². The summed E-state index contributed by atoms with van der Waals surface area (Å²) >= 11 is 0. The molecule has 0 aliphatic carbocycles. The van der Waals surface area contributed by atoms with Crippen LogP contribution >= 0.6 is 0 Å². The fourth-order valence-electron chi connectivity index (χ4n) is 0. The van der Waals surface area contributed by atoms with E-state index >= 15 is 0 Å². The predicted octanol–water partition coefficient (Wildman–Crippen LogP) is -0.388. The second kappa shape index (κ2) is 17.1. The van der Waals surface area contributed by atoms with E-state index in [-0.39, 0.29) is 85.4 Å². The molecule has 0 aromatic carbocycles. The maximum atomic E-state index is 0. The summed E-state index contributed by atoms with van der Waals surface area (Å²) in [5.74, 6) is 0. The molecule has 0 heterocycles. The van der Waals surface area contributed by atoms with Crippen molar-refractivity contribution in [3.05, 3.63) is 0 Å². The van der Waals surface area contributed by atoms with E-state index in [1.54, 1.807) is 0 Å². The zero-order valence-corrected chi connectivity index (χ0v) is 10.9. The van der Waals surface area contributed by atoms with Gasteiger partial charge in [0.15, 0.2) is 0 Å². The van der Waals surface area contributed by atoms with Crippen LogP contribution in [0.2, 0.25) is 0 Å². The summed E-state index contributed by atoms with van der Waals surface area (Å²) in [5.41, 5.74) is 0. The van der Waals surface area contributed by atoms with Crippen LogP contribution < -0.4 is 0 Å². The molecular weight excluding hydrogens is 552 g/mol. The molecule has 0 unspecified atom stereocenters. The Morgan fingerprint density at radius 1 is 1.00 bits per heavy atom. The van der Waals surface area contributed by atoms with Crippen molar-refractivity contribution in [3.8, 4) is 0 Å². The second-order valence-electron chi connectivity index (χ2n) is 0. The molecule has 0 atom stereocenters. The van der Waals surface area contributed by atoms with Gasteiger partial charge in [-0.3, -0.25) is 0 Å². The number of rotatable bonds is 0. The third-order valence-corrected chi connectivity index (χ3v) is 0. The SMILES string of the molecule is [Bi].[Cu].[Mo].[W]. The maximum absolute atomic E-state index is 0. The Balaban J connectivity index is 0. The second-order valence-corrected chi connectivity index (χ2v) is 0. The van der Waals surface area contributed by atoms with Crippen molar-refractivity contribution in [1.82, 2.24) is 0 Å². The average Bonchev–Trinajstić information content (AvgIpc) is 0. The fraction of sp³-hybridized carbons (Fsp3) is 0. The van der Waals surface area contributed by atoms with Gasteiger partial charge in [0.1, 0.15) is 0 Å². The summed E-state index contributed by atoms with van der Waals surface area (Å²) in [4.78, 5) is 0. The zero-order chi connectivity index (χ0) is 0. The van der Waals surface area contributed by atoms with E-state index in [1.807, 2.05) is 0 Å². The molecule has 0 N–H and O–H groups in total. The third-order valence-electron chi connectivity index (χ3n) is 0. The van der Waals surface area contributed by atoms with Crippen molar-refractivity contribution in [2.24, 2.45) is 0 Å². The van der Waals surface area contributed by atoms with E-state index in [9.17, 15) is 0 Å². The van der Waals surface area contributed by atoms with Crippen molar-refractivity contribution < 1.29 is 59.2 Å². The van der Waals surface area contributed by atoms with Crippen LogP contribution in [-0.2, 0) is 59.2 Å². The Hall–Kier alpha value is 2.78. The molecule has 0 saturated heterocycles. The molecule has 0 nitrogen and oxygen atoms in total. The smallest absolute Gasteiger partial charge is 0 e. The molecule has 0 aromatic heterocycles. The van der Waals surface area contributed by atoms with Gasteiger partial charge in [0, 0.05) is 85.4 Å². The molecule has 4 radical (unpaired) electrons. The van der Waals surface area contributed by atoms with Gasteiger partial charge in [-0.25, -0.2) is 0 Å². The molecule has 28 valence electrons. The molecule has 4 heavy (non-hydrogen) atoms. The van der Waals surface area contributed by atoms with Crippen molar-refractivity contribution in [1.29, 1.82) is 0 Å². The first kappa shape index (κ1) is 29.3.